The SMILES string of the molecule is CCOC(=O)CC1=C(C(=O)OCC)[C@@]2(C(=O)N1C)C(C#N)=C(N)Oc1ccccc12. The number of ether oxygens (including phenoxy) is 3. The van der Waals surface area contributed by atoms with Gasteiger partial charge in [-0.05, 0) is 19.9 Å². The van der Waals surface area contributed by atoms with Crippen LogP contribution in [0.2, 0.25) is 0 Å². The number of rotatable bonds is 5. The highest BCUT2D eigenvalue weighted by Gasteiger charge is 2.62. The molecule has 9 nitrogen and oxygen atoms in total. The summed E-state index contributed by atoms with van der Waals surface area (Å²) in [7, 11) is 1.42. The lowest BCUT2D eigenvalue weighted by molar-refractivity contribution is -0.142. The van der Waals surface area contributed by atoms with Crippen LogP contribution in [-0.2, 0) is 29.3 Å². The van der Waals surface area contributed by atoms with E-state index in [4.69, 9.17) is 19.9 Å². The molecule has 0 bridgehead atoms. The third-order valence-electron chi connectivity index (χ3n) is 5.03. The zero-order chi connectivity index (χ0) is 22.1. The normalized spacial score (nSPS) is 20.1. The van der Waals surface area contributed by atoms with Gasteiger partial charge >= 0.3 is 11.9 Å². The number of hydrogen-bond donors (Lipinski definition) is 1. The minimum atomic E-state index is -1.88. The van der Waals surface area contributed by atoms with E-state index in [9.17, 15) is 19.6 Å². The third-order valence-corrected chi connectivity index (χ3v) is 5.03. The van der Waals surface area contributed by atoms with Crippen LogP contribution >= 0.6 is 0 Å². The number of nitrogens with zero attached hydrogens (tertiary/aromatic N) is 2. The van der Waals surface area contributed by atoms with Crippen molar-refractivity contribution in [3.05, 3.63) is 52.6 Å². The van der Waals surface area contributed by atoms with Crippen molar-refractivity contribution in [2.24, 2.45) is 5.73 Å². The van der Waals surface area contributed by atoms with E-state index >= 15 is 0 Å². The first kappa shape index (κ1) is 20.9. The third kappa shape index (κ3) is 2.88. The van der Waals surface area contributed by atoms with Gasteiger partial charge in [-0.3, -0.25) is 9.59 Å². The van der Waals surface area contributed by atoms with Gasteiger partial charge in [-0.15, -0.1) is 0 Å². The van der Waals surface area contributed by atoms with Crippen molar-refractivity contribution in [3.8, 4) is 11.8 Å². The largest absolute Gasteiger partial charge is 0.466 e. The second-order valence-corrected chi connectivity index (χ2v) is 6.59. The van der Waals surface area contributed by atoms with Crippen molar-refractivity contribution in [1.82, 2.24) is 4.90 Å². The molecule has 156 valence electrons. The van der Waals surface area contributed by atoms with Crippen LogP contribution in [0.5, 0.6) is 5.75 Å². The first-order valence-electron chi connectivity index (χ1n) is 9.36. The van der Waals surface area contributed by atoms with Crippen LogP contribution in [0.3, 0.4) is 0 Å². The number of fused-ring (bicyclic) bond motifs is 2. The molecular formula is C21H21N3O6. The molecule has 9 heteroatoms. The highest BCUT2D eigenvalue weighted by molar-refractivity contribution is 6.13. The fourth-order valence-electron chi connectivity index (χ4n) is 3.87. The number of nitrogens with two attached hydrogens (primary N) is 1. The maximum atomic E-state index is 13.7. The molecule has 0 aliphatic carbocycles. The van der Waals surface area contributed by atoms with Gasteiger partial charge in [0.25, 0.3) is 0 Å². The van der Waals surface area contributed by atoms with Gasteiger partial charge in [0.15, 0.2) is 5.41 Å². The minimum absolute atomic E-state index is 0.0300. The smallest absolute Gasteiger partial charge is 0.337 e. The number of amides is 1. The lowest BCUT2D eigenvalue weighted by Gasteiger charge is -2.34. The Morgan fingerprint density at radius 2 is 1.90 bits per heavy atom. The number of benzene rings is 1. The Bertz CT molecular complexity index is 1040. The topological polar surface area (TPSA) is 132 Å². The summed E-state index contributed by atoms with van der Waals surface area (Å²) in [4.78, 5) is 40.2. The average molecular weight is 411 g/mol. The highest BCUT2D eigenvalue weighted by atomic mass is 16.5. The van der Waals surface area contributed by atoms with Crippen LogP contribution in [0, 0.1) is 11.3 Å². The molecule has 2 N–H and O–H groups in total. The van der Waals surface area contributed by atoms with Crippen molar-refractivity contribution in [2.45, 2.75) is 25.7 Å². The van der Waals surface area contributed by atoms with Gasteiger partial charge in [-0.1, -0.05) is 18.2 Å². The Morgan fingerprint density at radius 1 is 1.23 bits per heavy atom. The van der Waals surface area contributed by atoms with Crippen LogP contribution < -0.4 is 10.5 Å². The van der Waals surface area contributed by atoms with Crippen molar-refractivity contribution >= 4 is 17.8 Å². The van der Waals surface area contributed by atoms with E-state index in [1.165, 1.54) is 11.9 Å². The van der Waals surface area contributed by atoms with E-state index in [2.05, 4.69) is 0 Å². The summed E-state index contributed by atoms with van der Waals surface area (Å²) < 4.78 is 15.8. The van der Waals surface area contributed by atoms with Gasteiger partial charge in [0.2, 0.25) is 11.8 Å². The van der Waals surface area contributed by atoms with Crippen molar-refractivity contribution < 1.29 is 28.6 Å². The lowest BCUT2D eigenvalue weighted by Crippen LogP contribution is -2.46. The molecule has 0 radical (unpaired) electrons. The molecule has 1 spiro atoms. The fourth-order valence-corrected chi connectivity index (χ4v) is 3.87. The molecule has 3 rings (SSSR count). The van der Waals surface area contributed by atoms with Crippen molar-refractivity contribution in [2.75, 3.05) is 20.3 Å². The number of hydrogen-bond acceptors (Lipinski definition) is 8. The second-order valence-electron chi connectivity index (χ2n) is 6.59. The molecule has 30 heavy (non-hydrogen) atoms. The average Bonchev–Trinajstić information content (AvgIpc) is 2.91. The Morgan fingerprint density at radius 3 is 2.53 bits per heavy atom. The molecule has 1 amide bonds. The predicted molar refractivity (Wildman–Crippen MR) is 103 cm³/mol. The van der Waals surface area contributed by atoms with E-state index < -0.39 is 23.3 Å². The summed E-state index contributed by atoms with van der Waals surface area (Å²) in [5.41, 5.74) is 4.11. The van der Waals surface area contributed by atoms with Crippen LogP contribution in [0.1, 0.15) is 25.8 Å². The van der Waals surface area contributed by atoms with Crippen molar-refractivity contribution in [1.29, 1.82) is 5.26 Å². The lowest BCUT2D eigenvalue weighted by atomic mass is 9.68. The molecule has 2 heterocycles. The molecule has 2 aliphatic heterocycles. The Labute approximate surface area is 173 Å². The summed E-state index contributed by atoms with van der Waals surface area (Å²) in [5, 5.41) is 9.89. The molecule has 2 aliphatic rings. The first-order valence-corrected chi connectivity index (χ1v) is 9.36. The number of likely N-dealkylation sites (N-methyl/N-ethyl adjacent to an activating group) is 1. The number of carbonyl (C=O) groups is 3. The molecule has 1 aromatic rings. The minimum Gasteiger partial charge on any atom is -0.466 e. The monoisotopic (exact) mass is 411 g/mol. The van der Waals surface area contributed by atoms with E-state index in [-0.39, 0.29) is 53.7 Å². The highest BCUT2D eigenvalue weighted by Crippen LogP contribution is 2.53. The molecule has 1 atom stereocenters. The molecule has 0 saturated heterocycles. The fraction of sp³-hybridized carbons (Fsp3) is 0.333. The van der Waals surface area contributed by atoms with E-state index in [0.29, 0.717) is 0 Å². The molecule has 0 fully saturated rings. The van der Waals surface area contributed by atoms with Crippen LogP contribution in [0.25, 0.3) is 0 Å². The molecule has 1 aromatic carbocycles. The summed E-state index contributed by atoms with van der Waals surface area (Å²) in [6.07, 6.45) is -0.354. The maximum Gasteiger partial charge on any atom is 0.337 e. The summed E-state index contributed by atoms with van der Waals surface area (Å²) in [6.45, 7) is 3.43. The molecule has 0 unspecified atom stereocenters. The number of carbonyl (C=O) groups excluding carboxylic acids is 3. The van der Waals surface area contributed by atoms with E-state index in [0.717, 1.165) is 0 Å². The summed E-state index contributed by atoms with van der Waals surface area (Å²) in [6, 6.07) is 8.42. The Balaban J connectivity index is 2.39. The van der Waals surface area contributed by atoms with E-state index in [1.54, 1.807) is 38.1 Å². The molecular weight excluding hydrogens is 390 g/mol. The van der Waals surface area contributed by atoms with Crippen LogP contribution in [-0.4, -0.2) is 43.0 Å². The first-order chi connectivity index (χ1) is 14.3. The number of para-hydroxylation sites is 1. The Hall–Kier alpha value is -3.80. The molecule has 0 saturated carbocycles. The second kappa shape index (κ2) is 7.91. The van der Waals surface area contributed by atoms with Crippen molar-refractivity contribution in [3.63, 3.8) is 0 Å². The van der Waals surface area contributed by atoms with Gasteiger partial charge < -0.3 is 24.8 Å². The Kier molecular flexibility index (Phi) is 5.52. The number of nitriles is 1. The molecule has 0 aromatic heterocycles. The number of esters is 2. The predicted octanol–water partition coefficient (Wildman–Crippen LogP) is 1.25. The maximum absolute atomic E-state index is 13.7. The van der Waals surface area contributed by atoms with Gasteiger partial charge in [-0.25, -0.2) is 4.79 Å². The van der Waals surface area contributed by atoms with Gasteiger partial charge in [0.05, 0.1) is 25.2 Å². The van der Waals surface area contributed by atoms with Crippen LogP contribution in [0.15, 0.2) is 47.0 Å². The standard InChI is InChI=1S/C21H21N3O6/c1-4-28-16(25)10-14-17(19(26)29-5-2)21(20(27)24(14)3)12-8-6-7-9-15(12)30-18(23)13(21)11-22/h6-9H,4-5,10,23H2,1-3H3/t21-/m0/s1. The van der Waals surface area contributed by atoms with Gasteiger partial charge in [0.1, 0.15) is 17.4 Å². The summed E-state index contributed by atoms with van der Waals surface area (Å²) in [5.74, 6) is -2.12. The quantitative estimate of drug-likeness (QED) is 0.716. The summed E-state index contributed by atoms with van der Waals surface area (Å²) >= 11 is 0. The van der Waals surface area contributed by atoms with Crippen LogP contribution in [0.4, 0.5) is 0 Å². The zero-order valence-corrected chi connectivity index (χ0v) is 16.9. The van der Waals surface area contributed by atoms with Gasteiger partial charge in [-0.2, -0.15) is 5.26 Å². The zero-order valence-electron chi connectivity index (χ0n) is 16.9. The van der Waals surface area contributed by atoms with E-state index in [1.807, 2.05) is 6.07 Å². The van der Waals surface area contributed by atoms with Gasteiger partial charge in [0, 0.05) is 18.3 Å².